The van der Waals surface area contributed by atoms with Gasteiger partial charge in [-0.15, -0.1) is 0 Å². The van der Waals surface area contributed by atoms with Crippen molar-refractivity contribution >= 4 is 22.7 Å². The van der Waals surface area contributed by atoms with Crippen LogP contribution in [-0.4, -0.2) is 41.6 Å². The maximum absolute atomic E-state index is 13.4. The first-order chi connectivity index (χ1) is 15.4. The number of carbonyl (C=O) groups is 2. The fourth-order valence-electron chi connectivity index (χ4n) is 2.99. The van der Waals surface area contributed by atoms with Gasteiger partial charge in [0.2, 0.25) is 5.91 Å². The number of likely N-dealkylation sites (N-methyl/N-ethyl adjacent to an activating group) is 1. The van der Waals surface area contributed by atoms with Crippen LogP contribution in [0.2, 0.25) is 0 Å². The van der Waals surface area contributed by atoms with E-state index in [1.807, 2.05) is 6.92 Å². The summed E-state index contributed by atoms with van der Waals surface area (Å²) in [4.78, 5) is 40.4. The lowest BCUT2D eigenvalue weighted by Crippen LogP contribution is -2.32. The number of hydrogen-bond acceptors (Lipinski definition) is 6. The Kier molecular flexibility index (Phi) is 7.37. The van der Waals surface area contributed by atoms with Gasteiger partial charge < -0.3 is 20.1 Å². The van der Waals surface area contributed by atoms with Crippen LogP contribution >= 0.6 is 0 Å². The minimum Gasteiger partial charge on any atom is -0.493 e. The van der Waals surface area contributed by atoms with Gasteiger partial charge in [-0.1, -0.05) is 6.07 Å². The molecule has 168 valence electrons. The summed E-state index contributed by atoms with van der Waals surface area (Å²) in [5.74, 6) is -0.397. The van der Waals surface area contributed by atoms with Crippen LogP contribution in [0.25, 0.3) is 10.9 Å². The highest BCUT2D eigenvalue weighted by atomic mass is 19.1. The molecule has 0 atom stereocenters. The number of rotatable bonds is 9. The molecule has 0 bridgehead atoms. The Morgan fingerprint density at radius 2 is 1.91 bits per heavy atom. The molecule has 0 saturated carbocycles. The number of methoxy groups -OCH3 is 1. The van der Waals surface area contributed by atoms with Crippen molar-refractivity contribution in [1.82, 2.24) is 20.2 Å². The maximum Gasteiger partial charge on any atom is 0.261 e. The second kappa shape index (κ2) is 10.4. The van der Waals surface area contributed by atoms with Crippen molar-refractivity contribution in [3.05, 3.63) is 64.5 Å². The van der Waals surface area contributed by atoms with Gasteiger partial charge in [0, 0.05) is 13.1 Å². The third-order valence-electron chi connectivity index (χ3n) is 4.55. The van der Waals surface area contributed by atoms with E-state index in [2.05, 4.69) is 15.6 Å². The van der Waals surface area contributed by atoms with E-state index >= 15 is 0 Å². The summed E-state index contributed by atoms with van der Waals surface area (Å²) in [7, 11) is 1.47. The SMILES string of the molecule is CCNC(=O)COc1ccc(CNC(=O)Cn2cnc3ccc(F)cc3c2=O)cc1OC. The number of ether oxygens (including phenoxy) is 2. The van der Waals surface area contributed by atoms with E-state index in [1.54, 1.807) is 18.2 Å². The topological polar surface area (TPSA) is 112 Å². The molecule has 0 aliphatic rings. The van der Waals surface area contributed by atoms with Crippen molar-refractivity contribution in [2.45, 2.75) is 20.0 Å². The molecule has 3 rings (SSSR count). The lowest BCUT2D eigenvalue weighted by molar-refractivity contribution is -0.123. The van der Waals surface area contributed by atoms with Crippen LogP contribution in [0.4, 0.5) is 4.39 Å². The number of aromatic nitrogens is 2. The van der Waals surface area contributed by atoms with Crippen LogP contribution in [0.15, 0.2) is 47.5 Å². The van der Waals surface area contributed by atoms with Crippen LogP contribution in [0, 0.1) is 5.82 Å². The summed E-state index contributed by atoms with van der Waals surface area (Å²) in [6, 6.07) is 8.78. The minimum absolute atomic E-state index is 0.105. The van der Waals surface area contributed by atoms with Gasteiger partial charge in [0.1, 0.15) is 12.4 Å². The van der Waals surface area contributed by atoms with Crippen LogP contribution in [0.5, 0.6) is 11.5 Å². The van der Waals surface area contributed by atoms with Crippen molar-refractivity contribution in [2.75, 3.05) is 20.3 Å². The highest BCUT2D eigenvalue weighted by Crippen LogP contribution is 2.28. The number of nitrogens with zero attached hydrogens (tertiary/aromatic N) is 2. The maximum atomic E-state index is 13.4. The summed E-state index contributed by atoms with van der Waals surface area (Å²) >= 11 is 0. The summed E-state index contributed by atoms with van der Waals surface area (Å²) in [5, 5.41) is 5.45. The normalized spacial score (nSPS) is 10.6. The minimum atomic E-state index is -0.550. The molecule has 2 N–H and O–H groups in total. The average Bonchev–Trinajstić information content (AvgIpc) is 2.79. The average molecular weight is 442 g/mol. The Hall–Kier alpha value is -3.95. The van der Waals surface area contributed by atoms with Gasteiger partial charge in [-0.25, -0.2) is 9.37 Å². The zero-order valence-electron chi connectivity index (χ0n) is 17.7. The molecule has 0 fully saturated rings. The molecule has 0 radical (unpaired) electrons. The Labute approximate surface area is 183 Å². The molecule has 0 aliphatic carbocycles. The van der Waals surface area contributed by atoms with Gasteiger partial charge >= 0.3 is 0 Å². The molecular formula is C22H23FN4O5. The van der Waals surface area contributed by atoms with Gasteiger partial charge in [-0.3, -0.25) is 19.0 Å². The van der Waals surface area contributed by atoms with Gasteiger partial charge in [0.05, 0.1) is 24.3 Å². The molecular weight excluding hydrogens is 419 g/mol. The van der Waals surface area contributed by atoms with E-state index in [9.17, 15) is 18.8 Å². The Morgan fingerprint density at radius 1 is 1.09 bits per heavy atom. The van der Waals surface area contributed by atoms with Crippen LogP contribution in [0.1, 0.15) is 12.5 Å². The first-order valence-corrected chi connectivity index (χ1v) is 9.89. The molecule has 0 saturated heterocycles. The van der Waals surface area contributed by atoms with Crippen LogP contribution < -0.4 is 25.7 Å². The van der Waals surface area contributed by atoms with Crippen LogP contribution in [-0.2, 0) is 22.7 Å². The fourth-order valence-corrected chi connectivity index (χ4v) is 2.99. The molecule has 9 nitrogen and oxygen atoms in total. The van der Waals surface area contributed by atoms with Crippen molar-refractivity contribution in [3.63, 3.8) is 0 Å². The number of benzene rings is 2. The van der Waals surface area contributed by atoms with E-state index in [-0.39, 0.29) is 31.0 Å². The number of nitrogens with one attached hydrogen (secondary N) is 2. The predicted octanol–water partition coefficient (Wildman–Crippen LogP) is 1.38. The summed E-state index contributed by atoms with van der Waals surface area (Å²) in [5.41, 5.74) is 0.584. The quantitative estimate of drug-likeness (QED) is 0.518. The molecule has 0 unspecified atom stereocenters. The third-order valence-corrected chi connectivity index (χ3v) is 4.55. The van der Waals surface area contributed by atoms with Gasteiger partial charge in [-0.05, 0) is 42.8 Å². The van der Waals surface area contributed by atoms with E-state index < -0.39 is 17.3 Å². The number of hydrogen-bond donors (Lipinski definition) is 2. The van der Waals surface area contributed by atoms with E-state index in [0.717, 1.165) is 16.2 Å². The predicted molar refractivity (Wildman–Crippen MR) is 115 cm³/mol. The Balaban J connectivity index is 1.62. The smallest absolute Gasteiger partial charge is 0.261 e. The number of amides is 2. The number of fused-ring (bicyclic) bond motifs is 1. The van der Waals surface area contributed by atoms with Gasteiger partial charge in [-0.2, -0.15) is 0 Å². The molecule has 1 aromatic heterocycles. The highest BCUT2D eigenvalue weighted by Gasteiger charge is 2.11. The molecule has 3 aromatic rings. The zero-order chi connectivity index (χ0) is 23.1. The number of carbonyl (C=O) groups excluding carboxylic acids is 2. The van der Waals surface area contributed by atoms with Crippen molar-refractivity contribution in [2.24, 2.45) is 0 Å². The molecule has 2 amide bonds. The van der Waals surface area contributed by atoms with Crippen molar-refractivity contribution < 1.29 is 23.5 Å². The fraction of sp³-hybridized carbons (Fsp3) is 0.273. The second-order valence-corrected chi connectivity index (χ2v) is 6.84. The molecule has 0 spiro atoms. The van der Waals surface area contributed by atoms with E-state index in [0.29, 0.717) is 23.6 Å². The molecule has 1 heterocycles. The van der Waals surface area contributed by atoms with Crippen LogP contribution in [0.3, 0.4) is 0 Å². The largest absolute Gasteiger partial charge is 0.493 e. The first kappa shape index (κ1) is 22.7. The standard InChI is InChI=1S/C22H23FN4O5/c1-3-24-21(29)12-32-18-7-4-14(8-19(18)31-2)10-25-20(28)11-27-13-26-17-6-5-15(23)9-16(17)22(27)30/h4-9,13H,3,10-12H2,1-2H3,(H,24,29)(H,25,28). The second-order valence-electron chi connectivity index (χ2n) is 6.84. The Morgan fingerprint density at radius 3 is 2.66 bits per heavy atom. The summed E-state index contributed by atoms with van der Waals surface area (Å²) in [6.45, 7) is 2.10. The summed E-state index contributed by atoms with van der Waals surface area (Å²) in [6.07, 6.45) is 1.26. The zero-order valence-corrected chi connectivity index (χ0v) is 17.7. The third kappa shape index (κ3) is 5.60. The van der Waals surface area contributed by atoms with Gasteiger partial charge in [0.25, 0.3) is 11.5 Å². The van der Waals surface area contributed by atoms with Crippen molar-refractivity contribution in [3.8, 4) is 11.5 Å². The lowest BCUT2D eigenvalue weighted by atomic mass is 10.2. The Bertz CT molecular complexity index is 1190. The van der Waals surface area contributed by atoms with Gasteiger partial charge in [0.15, 0.2) is 18.1 Å². The lowest BCUT2D eigenvalue weighted by Gasteiger charge is -2.13. The molecule has 0 aliphatic heterocycles. The monoisotopic (exact) mass is 442 g/mol. The summed E-state index contributed by atoms with van der Waals surface area (Å²) < 4.78 is 25.3. The van der Waals surface area contributed by atoms with Crippen molar-refractivity contribution in [1.29, 1.82) is 0 Å². The first-order valence-electron chi connectivity index (χ1n) is 9.89. The number of halogens is 1. The molecule has 2 aromatic carbocycles. The highest BCUT2D eigenvalue weighted by molar-refractivity contribution is 5.79. The molecule has 10 heteroatoms. The molecule has 32 heavy (non-hydrogen) atoms. The van der Waals surface area contributed by atoms with E-state index in [4.69, 9.17) is 9.47 Å². The van der Waals surface area contributed by atoms with E-state index in [1.165, 1.54) is 25.6 Å².